The summed E-state index contributed by atoms with van der Waals surface area (Å²) in [7, 11) is 1.67. The first-order valence-corrected chi connectivity index (χ1v) is 7.33. The lowest BCUT2D eigenvalue weighted by Crippen LogP contribution is -2.26. The molecule has 0 radical (unpaired) electrons. The molecular weight excluding hydrogens is 356 g/mol. The first kappa shape index (κ1) is 15.7. The number of rotatable bonds is 3. The molecule has 110 valence electrons. The maximum Gasteiger partial charge on any atom is 0.254 e. The fraction of sp³-hybridized carbons (Fsp3) is 0.133. The molecule has 0 spiro atoms. The van der Waals surface area contributed by atoms with Gasteiger partial charge in [-0.05, 0) is 57.9 Å². The van der Waals surface area contributed by atoms with E-state index < -0.39 is 0 Å². The number of hydrogen-bond acceptors (Lipinski definition) is 3. The predicted molar refractivity (Wildman–Crippen MR) is 87.5 cm³/mol. The van der Waals surface area contributed by atoms with Crippen LogP contribution in [-0.2, 0) is 6.54 Å². The number of phenolic OH excluding ortho intramolecular Hbond substituents is 1. The van der Waals surface area contributed by atoms with Gasteiger partial charge in [-0.3, -0.25) is 4.79 Å². The summed E-state index contributed by atoms with van der Waals surface area (Å²) >= 11 is 9.28. The first-order valence-electron chi connectivity index (χ1n) is 6.16. The first-order chi connectivity index (χ1) is 9.88. The van der Waals surface area contributed by atoms with Crippen molar-refractivity contribution in [2.24, 2.45) is 0 Å². The fourth-order valence-electron chi connectivity index (χ4n) is 1.91. The number of nitrogen functional groups attached to an aromatic ring is 1. The van der Waals surface area contributed by atoms with Gasteiger partial charge < -0.3 is 15.7 Å². The van der Waals surface area contributed by atoms with E-state index in [1.54, 1.807) is 37.4 Å². The third kappa shape index (κ3) is 3.68. The Hall–Kier alpha value is -1.72. The summed E-state index contributed by atoms with van der Waals surface area (Å²) in [6, 6.07) is 9.85. The van der Waals surface area contributed by atoms with E-state index in [-0.39, 0.29) is 11.7 Å². The van der Waals surface area contributed by atoms with E-state index in [0.717, 1.165) is 5.56 Å². The van der Waals surface area contributed by atoms with Crippen molar-refractivity contribution in [3.63, 3.8) is 0 Å². The van der Waals surface area contributed by atoms with Crippen LogP contribution in [0.3, 0.4) is 0 Å². The number of amides is 1. The van der Waals surface area contributed by atoms with Gasteiger partial charge in [0.2, 0.25) is 0 Å². The SMILES string of the molecule is CN(Cc1cc(N)ccc1Cl)C(=O)c1ccc(Br)c(O)c1. The van der Waals surface area contributed by atoms with Crippen LogP contribution in [-0.4, -0.2) is 23.0 Å². The lowest BCUT2D eigenvalue weighted by Gasteiger charge is -2.18. The van der Waals surface area contributed by atoms with Crippen molar-refractivity contribution in [2.75, 3.05) is 12.8 Å². The van der Waals surface area contributed by atoms with Crippen molar-refractivity contribution in [2.45, 2.75) is 6.54 Å². The smallest absolute Gasteiger partial charge is 0.254 e. The zero-order valence-electron chi connectivity index (χ0n) is 11.3. The third-order valence-electron chi connectivity index (χ3n) is 3.02. The highest BCUT2D eigenvalue weighted by atomic mass is 79.9. The van der Waals surface area contributed by atoms with Gasteiger partial charge in [0, 0.05) is 29.9 Å². The summed E-state index contributed by atoms with van der Waals surface area (Å²) in [6.07, 6.45) is 0. The summed E-state index contributed by atoms with van der Waals surface area (Å²) in [5, 5.41) is 10.2. The molecule has 0 saturated heterocycles. The monoisotopic (exact) mass is 368 g/mol. The van der Waals surface area contributed by atoms with E-state index in [9.17, 15) is 9.90 Å². The number of phenols is 1. The summed E-state index contributed by atoms with van der Waals surface area (Å²) in [5.74, 6) is -0.187. The number of nitrogens with zero attached hydrogens (tertiary/aromatic N) is 1. The number of halogens is 2. The van der Waals surface area contributed by atoms with Gasteiger partial charge >= 0.3 is 0 Å². The number of anilines is 1. The number of carbonyl (C=O) groups excluding carboxylic acids is 1. The quantitative estimate of drug-likeness (QED) is 0.811. The Morgan fingerprint density at radius 1 is 1.33 bits per heavy atom. The van der Waals surface area contributed by atoms with Crippen molar-refractivity contribution in [1.29, 1.82) is 0 Å². The zero-order valence-corrected chi connectivity index (χ0v) is 13.6. The van der Waals surface area contributed by atoms with Gasteiger partial charge in [0.25, 0.3) is 5.91 Å². The maximum atomic E-state index is 12.3. The van der Waals surface area contributed by atoms with Gasteiger partial charge in [-0.25, -0.2) is 0 Å². The molecule has 0 saturated carbocycles. The molecule has 0 atom stereocenters. The normalized spacial score (nSPS) is 10.4. The average Bonchev–Trinajstić information content (AvgIpc) is 2.45. The van der Waals surface area contributed by atoms with Gasteiger partial charge in [0.1, 0.15) is 5.75 Å². The standard InChI is InChI=1S/C15H14BrClN2O2/c1-19(8-10-6-11(18)3-5-13(10)17)15(21)9-2-4-12(16)14(20)7-9/h2-7,20H,8,18H2,1H3. The molecule has 0 aromatic heterocycles. The van der Waals surface area contributed by atoms with Crippen molar-refractivity contribution < 1.29 is 9.90 Å². The van der Waals surface area contributed by atoms with E-state index >= 15 is 0 Å². The Labute approximate surface area is 136 Å². The molecular formula is C15H14BrClN2O2. The summed E-state index contributed by atoms with van der Waals surface area (Å²) < 4.78 is 0.542. The van der Waals surface area contributed by atoms with E-state index in [1.165, 1.54) is 11.0 Å². The van der Waals surface area contributed by atoms with Crippen LogP contribution in [0.15, 0.2) is 40.9 Å². The van der Waals surface area contributed by atoms with Crippen LogP contribution < -0.4 is 5.73 Å². The number of aromatic hydroxyl groups is 1. The van der Waals surface area contributed by atoms with E-state index in [0.29, 0.717) is 27.3 Å². The molecule has 3 N–H and O–H groups in total. The van der Waals surface area contributed by atoms with Crippen molar-refractivity contribution in [3.05, 3.63) is 57.0 Å². The topological polar surface area (TPSA) is 66.6 Å². The lowest BCUT2D eigenvalue weighted by atomic mass is 10.1. The van der Waals surface area contributed by atoms with Crippen LogP contribution in [0, 0.1) is 0 Å². The van der Waals surface area contributed by atoms with E-state index in [1.807, 2.05) is 0 Å². The van der Waals surface area contributed by atoms with E-state index in [4.69, 9.17) is 17.3 Å². The molecule has 0 aliphatic heterocycles. The molecule has 0 heterocycles. The molecule has 4 nitrogen and oxygen atoms in total. The second-order valence-corrected chi connectivity index (χ2v) is 5.94. The minimum atomic E-state index is -0.212. The van der Waals surface area contributed by atoms with Gasteiger partial charge in [-0.15, -0.1) is 0 Å². The van der Waals surface area contributed by atoms with Crippen LogP contribution in [0.4, 0.5) is 5.69 Å². The summed E-state index contributed by atoms with van der Waals surface area (Å²) in [6.45, 7) is 0.333. The third-order valence-corrected chi connectivity index (χ3v) is 4.06. The summed E-state index contributed by atoms with van der Waals surface area (Å²) in [4.78, 5) is 13.9. The minimum Gasteiger partial charge on any atom is -0.507 e. The molecule has 2 rings (SSSR count). The van der Waals surface area contributed by atoms with Gasteiger partial charge in [-0.1, -0.05) is 11.6 Å². The lowest BCUT2D eigenvalue weighted by molar-refractivity contribution is 0.0784. The largest absolute Gasteiger partial charge is 0.507 e. The van der Waals surface area contributed by atoms with Crippen LogP contribution >= 0.6 is 27.5 Å². The average molecular weight is 370 g/mol. The van der Waals surface area contributed by atoms with Crippen molar-refractivity contribution in [1.82, 2.24) is 4.90 Å². The molecule has 2 aromatic rings. The van der Waals surface area contributed by atoms with Crippen molar-refractivity contribution in [3.8, 4) is 5.75 Å². The van der Waals surface area contributed by atoms with Crippen LogP contribution in [0.25, 0.3) is 0 Å². The Morgan fingerprint density at radius 2 is 2.05 bits per heavy atom. The molecule has 0 unspecified atom stereocenters. The Kier molecular flexibility index (Phi) is 4.75. The predicted octanol–water partition coefficient (Wildman–Crippen LogP) is 3.66. The van der Waals surface area contributed by atoms with Crippen LogP contribution in [0.2, 0.25) is 5.02 Å². The number of benzene rings is 2. The number of carbonyl (C=O) groups is 1. The molecule has 2 aromatic carbocycles. The minimum absolute atomic E-state index is 0.0243. The Morgan fingerprint density at radius 3 is 2.71 bits per heavy atom. The number of nitrogens with two attached hydrogens (primary N) is 1. The van der Waals surface area contributed by atoms with Crippen LogP contribution in [0.5, 0.6) is 5.75 Å². The Balaban J connectivity index is 2.19. The van der Waals surface area contributed by atoms with E-state index in [2.05, 4.69) is 15.9 Å². The molecule has 1 amide bonds. The zero-order chi connectivity index (χ0) is 15.6. The highest BCUT2D eigenvalue weighted by molar-refractivity contribution is 9.10. The highest BCUT2D eigenvalue weighted by Gasteiger charge is 2.15. The maximum absolute atomic E-state index is 12.3. The molecule has 6 heteroatoms. The van der Waals surface area contributed by atoms with Gasteiger partial charge in [0.15, 0.2) is 0 Å². The molecule has 21 heavy (non-hydrogen) atoms. The second kappa shape index (κ2) is 6.37. The van der Waals surface area contributed by atoms with Crippen molar-refractivity contribution >= 4 is 39.1 Å². The molecule has 0 aliphatic carbocycles. The molecule has 0 aliphatic rings. The number of hydrogen-bond donors (Lipinski definition) is 2. The Bertz CT molecular complexity index is 691. The summed E-state index contributed by atoms with van der Waals surface area (Å²) in [5.41, 5.74) is 7.49. The second-order valence-electron chi connectivity index (χ2n) is 4.68. The van der Waals surface area contributed by atoms with Gasteiger partial charge in [0.05, 0.1) is 4.47 Å². The van der Waals surface area contributed by atoms with Gasteiger partial charge in [-0.2, -0.15) is 0 Å². The van der Waals surface area contributed by atoms with Crippen LogP contribution in [0.1, 0.15) is 15.9 Å². The molecule has 0 fully saturated rings. The molecule has 0 bridgehead atoms. The highest BCUT2D eigenvalue weighted by Crippen LogP contribution is 2.25. The fourth-order valence-corrected chi connectivity index (χ4v) is 2.33.